The molecule has 0 spiro atoms. The molecule has 34 heavy (non-hydrogen) atoms. The highest BCUT2D eigenvalue weighted by Gasteiger charge is 2.21. The monoisotopic (exact) mass is 474 g/mol. The van der Waals surface area contributed by atoms with Crippen LogP contribution < -0.4 is 14.2 Å². The highest BCUT2D eigenvalue weighted by Crippen LogP contribution is 2.28. The van der Waals surface area contributed by atoms with Gasteiger partial charge in [-0.1, -0.05) is 18.2 Å². The molecular weight excluding hydrogens is 444 g/mol. The van der Waals surface area contributed by atoms with Gasteiger partial charge in [0.15, 0.2) is 18.1 Å². The van der Waals surface area contributed by atoms with Gasteiger partial charge in [0.2, 0.25) is 0 Å². The maximum Gasteiger partial charge on any atom is 0.414 e. The van der Waals surface area contributed by atoms with Crippen LogP contribution in [0.25, 0.3) is 0 Å². The summed E-state index contributed by atoms with van der Waals surface area (Å²) < 4.78 is 16.3. The van der Waals surface area contributed by atoms with Crippen molar-refractivity contribution in [3.63, 3.8) is 0 Å². The number of carboxylic acid groups (broad SMARTS) is 2. The van der Waals surface area contributed by atoms with E-state index in [0.717, 1.165) is 42.4 Å². The van der Waals surface area contributed by atoms with Crippen molar-refractivity contribution < 1.29 is 38.8 Å². The molecule has 1 amide bonds. The first-order valence-corrected chi connectivity index (χ1v) is 10.6. The highest BCUT2D eigenvalue weighted by atomic mass is 16.5. The predicted octanol–water partition coefficient (Wildman–Crippen LogP) is 1.89. The van der Waals surface area contributed by atoms with Gasteiger partial charge in [-0.3, -0.25) is 9.69 Å². The summed E-state index contributed by atoms with van der Waals surface area (Å²) >= 11 is 0. The van der Waals surface area contributed by atoms with Crippen LogP contribution in [0.5, 0.6) is 17.2 Å². The van der Waals surface area contributed by atoms with Crippen LogP contribution in [-0.2, 0) is 20.9 Å². The molecule has 0 aromatic heterocycles. The van der Waals surface area contributed by atoms with E-state index >= 15 is 0 Å². The fourth-order valence-corrected chi connectivity index (χ4v) is 3.33. The van der Waals surface area contributed by atoms with Crippen LogP contribution in [-0.4, -0.2) is 84.9 Å². The Morgan fingerprint density at radius 3 is 2.09 bits per heavy atom. The zero-order chi connectivity index (χ0) is 25.1. The largest absolute Gasteiger partial charge is 0.493 e. The Morgan fingerprint density at radius 2 is 1.53 bits per heavy atom. The Bertz CT molecular complexity index is 975. The zero-order valence-electron chi connectivity index (χ0n) is 19.5. The number of hydrogen-bond acceptors (Lipinski definition) is 7. The molecule has 2 aromatic rings. The highest BCUT2D eigenvalue weighted by molar-refractivity contribution is 6.27. The summed E-state index contributed by atoms with van der Waals surface area (Å²) in [5, 5.41) is 14.8. The molecule has 10 nitrogen and oxygen atoms in total. The lowest BCUT2D eigenvalue weighted by atomic mass is 10.1. The molecule has 0 aliphatic carbocycles. The van der Waals surface area contributed by atoms with Crippen molar-refractivity contribution in [2.24, 2.45) is 0 Å². The van der Waals surface area contributed by atoms with Crippen molar-refractivity contribution in [3.05, 3.63) is 53.6 Å². The Hall–Kier alpha value is -3.79. The molecule has 2 aromatic carbocycles. The quantitative estimate of drug-likeness (QED) is 0.579. The first-order chi connectivity index (χ1) is 16.2. The lowest BCUT2D eigenvalue weighted by Crippen LogP contribution is -2.49. The molecule has 1 aliphatic heterocycles. The third-order valence-corrected chi connectivity index (χ3v) is 5.11. The van der Waals surface area contributed by atoms with Crippen LogP contribution in [0, 0.1) is 6.92 Å². The van der Waals surface area contributed by atoms with Crippen molar-refractivity contribution >= 4 is 17.8 Å². The fourth-order valence-electron chi connectivity index (χ4n) is 3.33. The number of methoxy groups -OCH3 is 2. The average molecular weight is 475 g/mol. The molecule has 3 rings (SSSR count). The number of benzene rings is 2. The van der Waals surface area contributed by atoms with E-state index in [0.29, 0.717) is 13.1 Å². The Balaban J connectivity index is 0.000000604. The summed E-state index contributed by atoms with van der Waals surface area (Å²) in [5.41, 5.74) is 2.29. The summed E-state index contributed by atoms with van der Waals surface area (Å²) in [4.78, 5) is 34.8. The summed E-state index contributed by atoms with van der Waals surface area (Å²) in [6.45, 7) is 6.01. The minimum Gasteiger partial charge on any atom is -0.493 e. The van der Waals surface area contributed by atoms with E-state index in [4.69, 9.17) is 34.0 Å². The maximum absolute atomic E-state index is 12.4. The molecule has 1 heterocycles. The standard InChI is InChI=1S/C22H28N2O4.C2H2O4/c1-17-5-4-6-19(13-17)28-16-22(25)24-11-9-23(10-12-24)15-18-7-8-20(26-2)21(14-18)27-3;3-1(4)2(5)6/h4-8,13-14H,9-12,15-16H2,1-3H3;(H,3,4)(H,5,6). The Labute approximate surface area is 198 Å². The number of aliphatic carboxylic acids is 2. The molecule has 0 unspecified atom stereocenters. The second-order valence-corrected chi connectivity index (χ2v) is 7.56. The van der Waals surface area contributed by atoms with E-state index in [-0.39, 0.29) is 12.5 Å². The van der Waals surface area contributed by atoms with Gasteiger partial charge in [-0.05, 0) is 42.3 Å². The van der Waals surface area contributed by atoms with Gasteiger partial charge >= 0.3 is 11.9 Å². The summed E-state index contributed by atoms with van der Waals surface area (Å²) in [6.07, 6.45) is 0. The van der Waals surface area contributed by atoms with E-state index in [1.807, 2.05) is 48.2 Å². The molecule has 0 radical (unpaired) electrons. The number of nitrogens with zero attached hydrogens (tertiary/aromatic N) is 2. The molecule has 0 saturated carbocycles. The number of ether oxygens (including phenoxy) is 3. The second-order valence-electron chi connectivity index (χ2n) is 7.56. The molecule has 1 saturated heterocycles. The van der Waals surface area contributed by atoms with E-state index in [1.54, 1.807) is 14.2 Å². The average Bonchev–Trinajstić information content (AvgIpc) is 2.83. The first kappa shape index (κ1) is 26.5. The number of carbonyl (C=O) groups is 3. The van der Waals surface area contributed by atoms with Crippen LogP contribution in [0.15, 0.2) is 42.5 Å². The maximum atomic E-state index is 12.4. The van der Waals surface area contributed by atoms with Gasteiger partial charge < -0.3 is 29.3 Å². The summed E-state index contributed by atoms with van der Waals surface area (Å²) in [6, 6.07) is 13.7. The van der Waals surface area contributed by atoms with E-state index in [1.165, 1.54) is 5.56 Å². The van der Waals surface area contributed by atoms with Crippen LogP contribution in [0.4, 0.5) is 0 Å². The first-order valence-electron chi connectivity index (χ1n) is 10.6. The Morgan fingerprint density at radius 1 is 0.882 bits per heavy atom. The number of aryl methyl sites for hydroxylation is 1. The third-order valence-electron chi connectivity index (χ3n) is 5.11. The number of carboxylic acids is 2. The van der Waals surface area contributed by atoms with Gasteiger partial charge in [0.25, 0.3) is 5.91 Å². The molecule has 1 fully saturated rings. The zero-order valence-corrected chi connectivity index (χ0v) is 19.5. The van der Waals surface area contributed by atoms with Gasteiger partial charge in [0.05, 0.1) is 14.2 Å². The number of hydrogen-bond donors (Lipinski definition) is 2. The second kappa shape index (κ2) is 13.0. The van der Waals surface area contributed by atoms with E-state index in [9.17, 15) is 4.79 Å². The van der Waals surface area contributed by atoms with Crippen molar-refractivity contribution in [1.29, 1.82) is 0 Å². The molecule has 10 heteroatoms. The van der Waals surface area contributed by atoms with Gasteiger partial charge in [-0.15, -0.1) is 0 Å². The number of piperazine rings is 1. The van der Waals surface area contributed by atoms with Crippen molar-refractivity contribution in [3.8, 4) is 17.2 Å². The van der Waals surface area contributed by atoms with Crippen LogP contribution >= 0.6 is 0 Å². The SMILES string of the molecule is COc1ccc(CN2CCN(C(=O)COc3cccc(C)c3)CC2)cc1OC.O=C(O)C(=O)O. The summed E-state index contributed by atoms with van der Waals surface area (Å²) in [5.74, 6) is -1.41. The van der Waals surface area contributed by atoms with Crippen molar-refractivity contribution in [1.82, 2.24) is 9.80 Å². The van der Waals surface area contributed by atoms with E-state index < -0.39 is 11.9 Å². The minimum absolute atomic E-state index is 0.0345. The van der Waals surface area contributed by atoms with Gasteiger partial charge in [0, 0.05) is 32.7 Å². The third kappa shape index (κ3) is 8.28. The van der Waals surface area contributed by atoms with Crippen LogP contribution in [0.1, 0.15) is 11.1 Å². The van der Waals surface area contributed by atoms with Crippen LogP contribution in [0.2, 0.25) is 0 Å². The normalized spacial score (nSPS) is 13.3. The van der Waals surface area contributed by atoms with Crippen LogP contribution in [0.3, 0.4) is 0 Å². The van der Waals surface area contributed by atoms with Gasteiger partial charge in [-0.25, -0.2) is 9.59 Å². The topological polar surface area (TPSA) is 126 Å². The Kier molecular flexibility index (Phi) is 10.2. The minimum atomic E-state index is -1.82. The molecule has 184 valence electrons. The van der Waals surface area contributed by atoms with E-state index in [2.05, 4.69) is 11.0 Å². The summed E-state index contributed by atoms with van der Waals surface area (Å²) in [7, 11) is 3.28. The molecule has 0 bridgehead atoms. The number of rotatable bonds is 7. The van der Waals surface area contributed by atoms with Gasteiger partial charge in [-0.2, -0.15) is 0 Å². The molecular formula is C24H30N2O8. The lowest BCUT2D eigenvalue weighted by molar-refractivity contribution is -0.159. The van der Waals surface area contributed by atoms with Gasteiger partial charge in [0.1, 0.15) is 5.75 Å². The predicted molar refractivity (Wildman–Crippen MR) is 123 cm³/mol. The lowest BCUT2D eigenvalue weighted by Gasteiger charge is -2.34. The smallest absolute Gasteiger partial charge is 0.414 e. The fraction of sp³-hybridized carbons (Fsp3) is 0.375. The van der Waals surface area contributed by atoms with Crippen molar-refractivity contribution in [2.45, 2.75) is 13.5 Å². The van der Waals surface area contributed by atoms with Crippen molar-refractivity contribution in [2.75, 3.05) is 47.0 Å². The molecule has 1 aliphatic rings. The molecule has 0 atom stereocenters. The number of carbonyl (C=O) groups excluding carboxylic acids is 1. The number of amides is 1. The molecule has 2 N–H and O–H groups in total.